The Morgan fingerprint density at radius 3 is 2.84 bits per heavy atom. The third-order valence-corrected chi connectivity index (χ3v) is 5.63. The van der Waals surface area contributed by atoms with Crippen molar-refractivity contribution < 1.29 is 9.53 Å². The largest absolute Gasteiger partial charge is 0.383 e. The molecule has 0 saturated carbocycles. The number of thiophene rings is 1. The Balaban J connectivity index is 1.68. The summed E-state index contributed by atoms with van der Waals surface area (Å²) >= 11 is 1.67. The van der Waals surface area contributed by atoms with Crippen LogP contribution in [0.4, 0.5) is 0 Å². The number of rotatable bonds is 7. The first-order valence-corrected chi connectivity index (χ1v) is 9.73. The van der Waals surface area contributed by atoms with Crippen molar-refractivity contribution in [1.29, 1.82) is 0 Å². The molecule has 25 heavy (non-hydrogen) atoms. The molecule has 1 amide bonds. The minimum absolute atomic E-state index is 0.121. The van der Waals surface area contributed by atoms with Gasteiger partial charge in [0.05, 0.1) is 12.6 Å². The highest BCUT2D eigenvalue weighted by Gasteiger charge is 2.28. The molecule has 2 heterocycles. The maximum atomic E-state index is 13.1. The van der Waals surface area contributed by atoms with E-state index in [4.69, 9.17) is 4.74 Å². The van der Waals surface area contributed by atoms with Crippen LogP contribution >= 0.6 is 11.3 Å². The fourth-order valence-electron chi connectivity index (χ4n) is 3.34. The molecule has 3 rings (SSSR count). The first kappa shape index (κ1) is 18.1. The van der Waals surface area contributed by atoms with Gasteiger partial charge in [-0.15, -0.1) is 0 Å². The summed E-state index contributed by atoms with van der Waals surface area (Å²) in [4.78, 5) is 17.3. The van der Waals surface area contributed by atoms with Gasteiger partial charge in [0.25, 0.3) is 0 Å². The van der Waals surface area contributed by atoms with Crippen LogP contribution in [-0.4, -0.2) is 48.6 Å². The van der Waals surface area contributed by atoms with Gasteiger partial charge >= 0.3 is 0 Å². The van der Waals surface area contributed by atoms with Crippen LogP contribution < -0.4 is 0 Å². The Kier molecular flexibility index (Phi) is 6.24. The lowest BCUT2D eigenvalue weighted by Gasteiger charge is -2.35. The number of benzene rings is 1. The predicted molar refractivity (Wildman–Crippen MR) is 102 cm³/mol. The molecule has 4 nitrogen and oxygen atoms in total. The molecule has 1 aliphatic rings. The summed E-state index contributed by atoms with van der Waals surface area (Å²) in [5, 5.41) is 4.16. The molecule has 0 aliphatic carbocycles. The fourth-order valence-corrected chi connectivity index (χ4v) is 4.00. The summed E-state index contributed by atoms with van der Waals surface area (Å²) in [5.74, 6) is 0.183. The first-order valence-electron chi connectivity index (χ1n) is 8.78. The highest BCUT2D eigenvalue weighted by molar-refractivity contribution is 7.07. The number of carbonyl (C=O) groups excluding carboxylic acids is 1. The van der Waals surface area contributed by atoms with Crippen LogP contribution in [0.3, 0.4) is 0 Å². The Hall–Kier alpha value is -1.69. The number of methoxy groups -OCH3 is 1. The summed E-state index contributed by atoms with van der Waals surface area (Å²) < 4.78 is 5.21. The molecule has 1 atom stereocenters. The van der Waals surface area contributed by atoms with Crippen molar-refractivity contribution in [2.24, 2.45) is 0 Å². The fraction of sp³-hybridized carbons (Fsp3) is 0.450. The Bertz CT molecular complexity index is 687. The second-order valence-electron chi connectivity index (χ2n) is 6.55. The number of nitrogens with zero attached hydrogens (tertiary/aromatic N) is 2. The second kappa shape index (κ2) is 8.61. The molecule has 1 aromatic carbocycles. The molecule has 0 spiro atoms. The Labute approximate surface area is 154 Å². The van der Waals surface area contributed by atoms with Crippen molar-refractivity contribution >= 4 is 17.2 Å². The van der Waals surface area contributed by atoms with E-state index in [9.17, 15) is 4.79 Å². The average Bonchev–Trinajstić information content (AvgIpc) is 3.16. The standard InChI is InChI=1S/C20H26N2O2S/c1-16(21-9-7-18-5-3-4-6-19(18)14-21)20(23)22(10-11-24-2)13-17-8-12-25-15-17/h3-6,8,12,15-16H,7,9-11,13-14H2,1-2H3/t16-/m1/s1. The van der Waals surface area contributed by atoms with Crippen molar-refractivity contribution in [2.45, 2.75) is 32.5 Å². The SMILES string of the molecule is COCCN(Cc1ccsc1)C(=O)[C@@H](C)N1CCc2ccccc2C1. The van der Waals surface area contributed by atoms with E-state index < -0.39 is 0 Å². The van der Waals surface area contributed by atoms with E-state index in [1.54, 1.807) is 18.4 Å². The zero-order valence-electron chi connectivity index (χ0n) is 15.0. The highest BCUT2D eigenvalue weighted by atomic mass is 32.1. The predicted octanol–water partition coefficient (Wildman–Crippen LogP) is 3.17. The van der Waals surface area contributed by atoms with Crippen LogP contribution in [0.2, 0.25) is 0 Å². The molecule has 0 fully saturated rings. The minimum Gasteiger partial charge on any atom is -0.383 e. The van der Waals surface area contributed by atoms with Crippen molar-refractivity contribution in [1.82, 2.24) is 9.80 Å². The van der Waals surface area contributed by atoms with Crippen LogP contribution in [-0.2, 0) is 29.0 Å². The van der Waals surface area contributed by atoms with Gasteiger partial charge in [0.15, 0.2) is 0 Å². The summed E-state index contributed by atoms with van der Waals surface area (Å²) in [5.41, 5.74) is 3.94. The molecule has 2 aromatic rings. The second-order valence-corrected chi connectivity index (χ2v) is 7.33. The third kappa shape index (κ3) is 4.48. The zero-order chi connectivity index (χ0) is 17.6. The quantitative estimate of drug-likeness (QED) is 0.762. The smallest absolute Gasteiger partial charge is 0.240 e. The van der Waals surface area contributed by atoms with Crippen LogP contribution in [0.25, 0.3) is 0 Å². The maximum Gasteiger partial charge on any atom is 0.240 e. The van der Waals surface area contributed by atoms with Gasteiger partial charge in [-0.05, 0) is 46.9 Å². The summed E-state index contributed by atoms with van der Waals surface area (Å²) in [6.07, 6.45) is 1.01. The average molecular weight is 359 g/mol. The molecule has 0 N–H and O–H groups in total. The molecule has 0 saturated heterocycles. The topological polar surface area (TPSA) is 32.8 Å². The number of amides is 1. The van der Waals surface area contributed by atoms with Crippen LogP contribution in [0, 0.1) is 0 Å². The molecule has 0 radical (unpaired) electrons. The van der Waals surface area contributed by atoms with E-state index >= 15 is 0 Å². The number of hydrogen-bond donors (Lipinski definition) is 0. The molecule has 1 aliphatic heterocycles. The van der Waals surface area contributed by atoms with Crippen LogP contribution in [0.15, 0.2) is 41.1 Å². The van der Waals surface area contributed by atoms with E-state index in [1.807, 2.05) is 11.8 Å². The molecule has 0 bridgehead atoms. The number of hydrogen-bond acceptors (Lipinski definition) is 4. The summed E-state index contributed by atoms with van der Waals surface area (Å²) in [6, 6.07) is 10.5. The van der Waals surface area contributed by atoms with E-state index in [2.05, 4.69) is 46.0 Å². The van der Waals surface area contributed by atoms with E-state index in [0.29, 0.717) is 19.7 Å². The van der Waals surface area contributed by atoms with Gasteiger partial charge in [-0.2, -0.15) is 11.3 Å². The molecule has 0 unspecified atom stereocenters. The van der Waals surface area contributed by atoms with Crippen LogP contribution in [0.5, 0.6) is 0 Å². The van der Waals surface area contributed by atoms with Gasteiger partial charge < -0.3 is 9.64 Å². The Morgan fingerprint density at radius 2 is 2.12 bits per heavy atom. The number of fused-ring (bicyclic) bond motifs is 1. The van der Waals surface area contributed by atoms with Crippen molar-refractivity contribution in [2.75, 3.05) is 26.8 Å². The monoisotopic (exact) mass is 358 g/mol. The lowest BCUT2D eigenvalue weighted by Crippen LogP contribution is -2.49. The molecule has 5 heteroatoms. The van der Waals surface area contributed by atoms with E-state index in [1.165, 1.54) is 16.7 Å². The van der Waals surface area contributed by atoms with Crippen molar-refractivity contribution in [3.05, 3.63) is 57.8 Å². The van der Waals surface area contributed by atoms with Gasteiger partial charge in [0.2, 0.25) is 5.91 Å². The maximum absolute atomic E-state index is 13.1. The Morgan fingerprint density at radius 1 is 1.32 bits per heavy atom. The summed E-state index contributed by atoms with van der Waals surface area (Å²) in [6.45, 7) is 5.65. The summed E-state index contributed by atoms with van der Waals surface area (Å²) in [7, 11) is 1.68. The zero-order valence-corrected chi connectivity index (χ0v) is 15.8. The minimum atomic E-state index is -0.121. The number of ether oxygens (including phenoxy) is 1. The van der Waals surface area contributed by atoms with Gasteiger partial charge in [0.1, 0.15) is 0 Å². The lowest BCUT2D eigenvalue weighted by atomic mass is 9.98. The highest BCUT2D eigenvalue weighted by Crippen LogP contribution is 2.21. The van der Waals surface area contributed by atoms with Gasteiger partial charge in [-0.1, -0.05) is 24.3 Å². The van der Waals surface area contributed by atoms with Gasteiger partial charge in [-0.25, -0.2) is 0 Å². The third-order valence-electron chi connectivity index (χ3n) is 4.90. The number of carbonyl (C=O) groups is 1. The first-order chi connectivity index (χ1) is 12.2. The van der Waals surface area contributed by atoms with Crippen molar-refractivity contribution in [3.63, 3.8) is 0 Å². The normalized spacial score (nSPS) is 15.6. The van der Waals surface area contributed by atoms with Gasteiger partial charge in [0, 0.05) is 33.3 Å². The van der Waals surface area contributed by atoms with Crippen LogP contribution in [0.1, 0.15) is 23.6 Å². The molecular weight excluding hydrogens is 332 g/mol. The lowest BCUT2D eigenvalue weighted by molar-refractivity contribution is -0.138. The van der Waals surface area contributed by atoms with E-state index in [-0.39, 0.29) is 11.9 Å². The molecular formula is C20H26N2O2S. The van der Waals surface area contributed by atoms with E-state index in [0.717, 1.165) is 19.5 Å². The molecule has 134 valence electrons. The van der Waals surface area contributed by atoms with Gasteiger partial charge in [-0.3, -0.25) is 9.69 Å². The van der Waals surface area contributed by atoms with Crippen molar-refractivity contribution in [3.8, 4) is 0 Å². The molecule has 1 aromatic heterocycles.